The van der Waals surface area contributed by atoms with Gasteiger partial charge in [0.1, 0.15) is 5.69 Å². The number of aromatic nitrogens is 3. The minimum atomic E-state index is -4.56. The van der Waals surface area contributed by atoms with Crippen molar-refractivity contribution in [3.8, 4) is 17.0 Å². The van der Waals surface area contributed by atoms with Gasteiger partial charge in [0, 0.05) is 25.1 Å². The number of nitrogens with zero attached hydrogens (tertiary/aromatic N) is 4. The van der Waals surface area contributed by atoms with Gasteiger partial charge in [0.15, 0.2) is 18.2 Å². The van der Waals surface area contributed by atoms with Crippen molar-refractivity contribution in [2.24, 2.45) is 5.92 Å². The summed E-state index contributed by atoms with van der Waals surface area (Å²) in [6.07, 6.45) is -0.0675. The molecule has 1 aromatic carbocycles. The lowest BCUT2D eigenvalue weighted by Gasteiger charge is -2.39. The van der Waals surface area contributed by atoms with Crippen LogP contribution in [0.1, 0.15) is 25.3 Å². The van der Waals surface area contributed by atoms with Crippen molar-refractivity contribution in [2.75, 3.05) is 19.7 Å². The van der Waals surface area contributed by atoms with Crippen LogP contribution in [-0.4, -0.2) is 51.7 Å². The Balaban J connectivity index is 1.39. The maximum absolute atomic E-state index is 13.7. The van der Waals surface area contributed by atoms with Gasteiger partial charge < -0.3 is 9.64 Å². The number of amides is 1. The lowest BCUT2D eigenvalue weighted by Crippen LogP contribution is -2.51. The quantitative estimate of drug-likeness (QED) is 0.702. The molecule has 4 rings (SSSR count). The van der Waals surface area contributed by atoms with Crippen LogP contribution in [-0.2, 0) is 4.79 Å². The molecule has 0 unspecified atom stereocenters. The SMILES string of the molecule is O=C(CC1CC1)N1CC(n2cc(-c3ccc(F)c(OCC(F)(F)F)c3)nn2)C1. The minimum absolute atomic E-state index is 0.00537. The van der Waals surface area contributed by atoms with E-state index in [2.05, 4.69) is 15.0 Å². The molecule has 0 radical (unpaired) electrons. The van der Waals surface area contributed by atoms with E-state index in [0.717, 1.165) is 18.9 Å². The number of halogens is 4. The highest BCUT2D eigenvalue weighted by molar-refractivity contribution is 5.77. The number of carbonyl (C=O) groups excluding carboxylic acids is 1. The Morgan fingerprint density at radius 2 is 2.00 bits per heavy atom. The van der Waals surface area contributed by atoms with E-state index in [4.69, 9.17) is 0 Å². The van der Waals surface area contributed by atoms with Gasteiger partial charge in [0.05, 0.1) is 12.2 Å². The van der Waals surface area contributed by atoms with Crippen molar-refractivity contribution in [2.45, 2.75) is 31.5 Å². The molecule has 0 atom stereocenters. The number of rotatable bonds is 6. The first-order valence-electron chi connectivity index (χ1n) is 8.97. The fraction of sp³-hybridized carbons (Fsp3) is 0.500. The lowest BCUT2D eigenvalue weighted by molar-refractivity contribution is -0.153. The van der Waals surface area contributed by atoms with Gasteiger partial charge in [-0.25, -0.2) is 9.07 Å². The van der Waals surface area contributed by atoms with E-state index in [1.165, 1.54) is 12.1 Å². The van der Waals surface area contributed by atoms with Crippen LogP contribution in [0.3, 0.4) is 0 Å². The molecule has 2 fully saturated rings. The Hall–Kier alpha value is -2.65. The lowest BCUT2D eigenvalue weighted by atomic mass is 10.1. The molecule has 28 heavy (non-hydrogen) atoms. The summed E-state index contributed by atoms with van der Waals surface area (Å²) in [5, 5.41) is 8.04. The van der Waals surface area contributed by atoms with Crippen molar-refractivity contribution in [1.82, 2.24) is 19.9 Å². The van der Waals surface area contributed by atoms with Crippen molar-refractivity contribution < 1.29 is 27.1 Å². The number of benzene rings is 1. The van der Waals surface area contributed by atoms with Gasteiger partial charge in [-0.3, -0.25) is 4.79 Å². The second-order valence-corrected chi connectivity index (χ2v) is 7.23. The van der Waals surface area contributed by atoms with Crippen molar-refractivity contribution in [3.05, 3.63) is 30.2 Å². The number of ether oxygens (including phenoxy) is 1. The third-order valence-electron chi connectivity index (χ3n) is 4.88. The van der Waals surface area contributed by atoms with E-state index in [1.807, 2.05) is 0 Å². The van der Waals surface area contributed by atoms with Crippen LogP contribution >= 0.6 is 0 Å². The molecule has 0 N–H and O–H groups in total. The van der Waals surface area contributed by atoms with Crippen LogP contribution in [0, 0.1) is 11.7 Å². The van der Waals surface area contributed by atoms with Gasteiger partial charge in [-0.1, -0.05) is 5.21 Å². The van der Waals surface area contributed by atoms with Crippen LogP contribution in [0.4, 0.5) is 17.6 Å². The zero-order valence-electron chi connectivity index (χ0n) is 14.8. The topological polar surface area (TPSA) is 60.2 Å². The third-order valence-corrected chi connectivity index (χ3v) is 4.88. The molecular weight excluding hydrogens is 380 g/mol. The molecule has 1 saturated carbocycles. The summed E-state index contributed by atoms with van der Waals surface area (Å²) >= 11 is 0. The van der Waals surface area contributed by atoms with E-state index >= 15 is 0 Å². The Labute approximate surface area is 158 Å². The van der Waals surface area contributed by atoms with Crippen LogP contribution in [0.5, 0.6) is 5.75 Å². The number of carbonyl (C=O) groups is 1. The fourth-order valence-corrected chi connectivity index (χ4v) is 3.04. The molecule has 1 aromatic heterocycles. The predicted molar refractivity (Wildman–Crippen MR) is 89.9 cm³/mol. The number of hydrogen-bond acceptors (Lipinski definition) is 4. The molecule has 1 aliphatic heterocycles. The molecule has 0 spiro atoms. The van der Waals surface area contributed by atoms with Gasteiger partial charge in [-0.2, -0.15) is 13.2 Å². The van der Waals surface area contributed by atoms with E-state index in [9.17, 15) is 22.4 Å². The zero-order valence-corrected chi connectivity index (χ0v) is 14.8. The molecule has 0 bridgehead atoms. The molecule has 6 nitrogen and oxygen atoms in total. The summed E-state index contributed by atoms with van der Waals surface area (Å²) in [5.74, 6) is -0.685. The van der Waals surface area contributed by atoms with Crippen LogP contribution in [0.15, 0.2) is 24.4 Å². The van der Waals surface area contributed by atoms with Crippen LogP contribution in [0.2, 0.25) is 0 Å². The molecule has 1 amide bonds. The standard InChI is InChI=1S/C18H18F4N4O2/c19-14-4-3-12(6-16(14)28-10-18(20,21)22)15-9-26(24-23-15)13-7-25(8-13)17(27)5-11-1-2-11/h3-4,6,9,11,13H,1-2,5,7-8,10H2. The van der Waals surface area contributed by atoms with Crippen LogP contribution in [0.25, 0.3) is 11.3 Å². The van der Waals surface area contributed by atoms with Gasteiger partial charge in [-0.15, -0.1) is 5.10 Å². The highest BCUT2D eigenvalue weighted by Crippen LogP contribution is 2.34. The van der Waals surface area contributed by atoms with Gasteiger partial charge in [0.25, 0.3) is 0 Å². The second-order valence-electron chi connectivity index (χ2n) is 7.23. The van der Waals surface area contributed by atoms with Crippen molar-refractivity contribution in [1.29, 1.82) is 0 Å². The van der Waals surface area contributed by atoms with Crippen molar-refractivity contribution in [3.63, 3.8) is 0 Å². The Bertz CT molecular complexity index is 873. The van der Waals surface area contributed by atoms with E-state index in [-0.39, 0.29) is 11.9 Å². The molecular formula is C18H18F4N4O2. The Morgan fingerprint density at radius 1 is 1.25 bits per heavy atom. The fourth-order valence-electron chi connectivity index (χ4n) is 3.04. The normalized spacial score (nSPS) is 17.5. The highest BCUT2D eigenvalue weighted by atomic mass is 19.4. The molecule has 2 aliphatic rings. The number of hydrogen-bond donors (Lipinski definition) is 0. The average Bonchev–Trinajstić information content (AvgIpc) is 3.26. The number of likely N-dealkylation sites (tertiary alicyclic amines) is 1. The van der Waals surface area contributed by atoms with E-state index in [0.29, 0.717) is 36.7 Å². The first-order valence-corrected chi connectivity index (χ1v) is 8.97. The Morgan fingerprint density at radius 3 is 2.68 bits per heavy atom. The van der Waals surface area contributed by atoms with Gasteiger partial charge in [-0.05, 0) is 37.0 Å². The van der Waals surface area contributed by atoms with Crippen LogP contribution < -0.4 is 4.74 Å². The smallest absolute Gasteiger partial charge is 0.422 e. The molecule has 2 heterocycles. The maximum Gasteiger partial charge on any atom is 0.422 e. The van der Waals surface area contributed by atoms with Gasteiger partial charge in [0.2, 0.25) is 5.91 Å². The van der Waals surface area contributed by atoms with E-state index < -0.39 is 24.3 Å². The minimum Gasteiger partial charge on any atom is -0.481 e. The number of alkyl halides is 3. The van der Waals surface area contributed by atoms with Gasteiger partial charge >= 0.3 is 6.18 Å². The maximum atomic E-state index is 13.7. The first-order chi connectivity index (χ1) is 13.3. The molecule has 1 saturated heterocycles. The molecule has 150 valence electrons. The summed E-state index contributed by atoms with van der Waals surface area (Å²) in [5.41, 5.74) is 0.783. The summed E-state index contributed by atoms with van der Waals surface area (Å²) < 4.78 is 56.7. The summed E-state index contributed by atoms with van der Waals surface area (Å²) in [7, 11) is 0. The van der Waals surface area contributed by atoms with Crippen molar-refractivity contribution >= 4 is 5.91 Å². The zero-order chi connectivity index (χ0) is 19.9. The Kier molecular flexibility index (Phi) is 4.72. The highest BCUT2D eigenvalue weighted by Gasteiger charge is 2.35. The first kappa shape index (κ1) is 18.7. The summed E-state index contributed by atoms with van der Waals surface area (Å²) in [6, 6.07) is 3.60. The average molecular weight is 398 g/mol. The monoisotopic (exact) mass is 398 g/mol. The molecule has 10 heteroatoms. The summed E-state index contributed by atoms with van der Waals surface area (Å²) in [4.78, 5) is 13.8. The molecule has 1 aliphatic carbocycles. The largest absolute Gasteiger partial charge is 0.481 e. The predicted octanol–water partition coefficient (Wildman–Crippen LogP) is 3.21. The second kappa shape index (κ2) is 7.06. The third kappa shape index (κ3) is 4.26. The molecule has 2 aromatic rings. The summed E-state index contributed by atoms with van der Waals surface area (Å²) in [6.45, 7) is -0.470. The van der Waals surface area contributed by atoms with E-state index in [1.54, 1.807) is 15.8 Å².